The highest BCUT2D eigenvalue weighted by Crippen LogP contribution is 2.37. The maximum Gasteiger partial charge on any atom is 0.330 e. The van der Waals surface area contributed by atoms with Crippen molar-refractivity contribution < 1.29 is 9.59 Å². The van der Waals surface area contributed by atoms with Gasteiger partial charge in [-0.25, -0.2) is 4.79 Å². The maximum atomic E-state index is 13.2. The molecule has 0 saturated heterocycles. The highest BCUT2D eigenvalue weighted by molar-refractivity contribution is 5.95. The number of H-pyrrole nitrogens is 1. The monoisotopic (exact) mass is 441 g/mol. The van der Waals surface area contributed by atoms with E-state index in [4.69, 9.17) is 5.73 Å². The Kier molecular flexibility index (Phi) is 7.50. The highest BCUT2D eigenvalue weighted by atomic mass is 16.2. The second-order valence-corrected chi connectivity index (χ2v) is 8.32. The molecule has 1 heterocycles. The smallest absolute Gasteiger partial charge is 0.330 e. The van der Waals surface area contributed by atoms with E-state index in [1.807, 2.05) is 44.2 Å². The number of benzene rings is 1. The number of amides is 2. The van der Waals surface area contributed by atoms with Crippen molar-refractivity contribution in [3.63, 3.8) is 0 Å². The zero-order valence-electron chi connectivity index (χ0n) is 18.6. The molecule has 2 atom stereocenters. The van der Waals surface area contributed by atoms with Crippen LogP contribution in [0, 0.1) is 11.8 Å². The molecule has 4 N–H and O–H groups in total. The molecule has 1 aromatic heterocycles. The summed E-state index contributed by atoms with van der Waals surface area (Å²) >= 11 is 0. The Morgan fingerprint density at radius 1 is 1.25 bits per heavy atom. The van der Waals surface area contributed by atoms with Crippen LogP contribution in [-0.2, 0) is 22.7 Å². The minimum absolute atomic E-state index is 0.00659. The van der Waals surface area contributed by atoms with Crippen molar-refractivity contribution in [1.29, 1.82) is 0 Å². The minimum atomic E-state index is -0.708. The summed E-state index contributed by atoms with van der Waals surface area (Å²) in [5.41, 5.74) is 5.70. The summed E-state index contributed by atoms with van der Waals surface area (Å²) in [6, 6.07) is 9.22. The summed E-state index contributed by atoms with van der Waals surface area (Å²) in [7, 11) is 0. The average Bonchev–Trinajstić information content (AvgIpc) is 3.50. The second-order valence-electron chi connectivity index (χ2n) is 8.32. The lowest BCUT2D eigenvalue weighted by Crippen LogP contribution is -2.42. The molecular formula is C23H31N5O4. The molecule has 2 aromatic rings. The van der Waals surface area contributed by atoms with Gasteiger partial charge in [-0.05, 0) is 24.3 Å². The van der Waals surface area contributed by atoms with Crippen LogP contribution < -0.4 is 27.2 Å². The van der Waals surface area contributed by atoms with Crippen LogP contribution in [0.2, 0.25) is 0 Å². The maximum absolute atomic E-state index is 13.2. The summed E-state index contributed by atoms with van der Waals surface area (Å²) in [5.74, 6) is -0.0532. The quantitative estimate of drug-likeness (QED) is 0.516. The molecule has 1 aromatic carbocycles. The van der Waals surface area contributed by atoms with Crippen molar-refractivity contribution in [2.24, 2.45) is 11.8 Å². The Balaban J connectivity index is 1.87. The number of nitrogen functional groups attached to an aromatic ring is 1. The molecule has 0 spiro atoms. The molecular weight excluding hydrogens is 410 g/mol. The molecule has 9 heteroatoms. The number of aromatic nitrogens is 2. The predicted octanol–water partition coefficient (Wildman–Crippen LogP) is 1.61. The fourth-order valence-electron chi connectivity index (χ4n) is 3.68. The summed E-state index contributed by atoms with van der Waals surface area (Å²) in [4.78, 5) is 53.9. The van der Waals surface area contributed by atoms with E-state index in [-0.39, 0.29) is 48.7 Å². The lowest BCUT2D eigenvalue weighted by Gasteiger charge is -2.25. The predicted molar refractivity (Wildman–Crippen MR) is 123 cm³/mol. The van der Waals surface area contributed by atoms with Crippen molar-refractivity contribution in [3.05, 3.63) is 56.7 Å². The molecule has 1 fully saturated rings. The number of aromatic amines is 1. The molecule has 9 nitrogen and oxygen atoms in total. The van der Waals surface area contributed by atoms with E-state index in [0.717, 1.165) is 18.4 Å². The molecule has 1 saturated carbocycles. The summed E-state index contributed by atoms with van der Waals surface area (Å²) in [5, 5.41) is 2.79. The first-order chi connectivity index (χ1) is 15.3. The fourth-order valence-corrected chi connectivity index (χ4v) is 3.68. The third-order valence-corrected chi connectivity index (χ3v) is 5.79. The van der Waals surface area contributed by atoms with Gasteiger partial charge in [0.05, 0.1) is 6.54 Å². The van der Waals surface area contributed by atoms with Gasteiger partial charge in [-0.1, -0.05) is 50.6 Å². The molecule has 1 aliphatic rings. The van der Waals surface area contributed by atoms with Gasteiger partial charge >= 0.3 is 5.69 Å². The molecule has 0 aliphatic heterocycles. The number of hydrogen-bond acceptors (Lipinski definition) is 5. The SMILES string of the molecule is CCCCn1c(N)c(N(Cc2ccccc2)C(=O)CCNC(=O)C2CC2C)c(=O)[nH]c1=O. The first kappa shape index (κ1) is 23.3. The molecule has 32 heavy (non-hydrogen) atoms. The molecule has 1 aliphatic carbocycles. The number of carbonyl (C=O) groups excluding carboxylic acids is 2. The fraction of sp³-hybridized carbons (Fsp3) is 0.478. The molecule has 0 radical (unpaired) electrons. The molecule has 172 valence electrons. The lowest BCUT2D eigenvalue weighted by atomic mass is 10.2. The molecule has 3 rings (SSSR count). The van der Waals surface area contributed by atoms with Gasteiger partial charge in [-0.15, -0.1) is 0 Å². The first-order valence-corrected chi connectivity index (χ1v) is 11.1. The Morgan fingerprint density at radius 3 is 2.56 bits per heavy atom. The Morgan fingerprint density at radius 2 is 1.94 bits per heavy atom. The van der Waals surface area contributed by atoms with E-state index in [2.05, 4.69) is 10.3 Å². The Labute approximate surface area is 186 Å². The van der Waals surface area contributed by atoms with Gasteiger partial charge in [0.15, 0.2) is 5.69 Å². The molecule has 2 amide bonds. The number of nitrogens with one attached hydrogen (secondary N) is 2. The zero-order valence-corrected chi connectivity index (χ0v) is 18.6. The van der Waals surface area contributed by atoms with Gasteiger partial charge in [0.1, 0.15) is 5.82 Å². The Bertz CT molecular complexity index is 1080. The van der Waals surface area contributed by atoms with E-state index in [1.54, 1.807) is 0 Å². The van der Waals surface area contributed by atoms with E-state index >= 15 is 0 Å². The van der Waals surface area contributed by atoms with Crippen molar-refractivity contribution in [3.8, 4) is 0 Å². The van der Waals surface area contributed by atoms with Gasteiger partial charge in [-0.2, -0.15) is 0 Å². The van der Waals surface area contributed by atoms with Crippen LogP contribution in [0.25, 0.3) is 0 Å². The van der Waals surface area contributed by atoms with Gasteiger partial charge in [0, 0.05) is 25.4 Å². The molecule has 0 bridgehead atoms. The standard InChI is InChI=1S/C23H31N5O4/c1-3-4-12-27-20(24)19(22(31)26-23(27)32)28(14-16-8-6-5-7-9-16)18(29)10-11-25-21(30)17-13-15(17)2/h5-9,15,17H,3-4,10-14,24H2,1-2H3,(H,25,30)(H,26,31,32). The van der Waals surface area contributed by atoms with Gasteiger partial charge < -0.3 is 16.0 Å². The number of carbonyl (C=O) groups is 2. The number of unbranched alkanes of at least 4 members (excludes halogenated alkanes) is 1. The first-order valence-electron chi connectivity index (χ1n) is 11.1. The lowest BCUT2D eigenvalue weighted by molar-refractivity contribution is -0.122. The topological polar surface area (TPSA) is 130 Å². The van der Waals surface area contributed by atoms with Crippen LogP contribution in [0.3, 0.4) is 0 Å². The number of hydrogen-bond donors (Lipinski definition) is 3. The summed E-state index contributed by atoms with van der Waals surface area (Å²) in [6.07, 6.45) is 2.41. The Hall–Kier alpha value is -3.36. The van der Waals surface area contributed by atoms with Crippen LogP contribution in [0.5, 0.6) is 0 Å². The number of nitrogens with two attached hydrogens (primary N) is 1. The zero-order chi connectivity index (χ0) is 23.3. The van der Waals surface area contributed by atoms with E-state index in [0.29, 0.717) is 18.9 Å². The van der Waals surface area contributed by atoms with E-state index in [1.165, 1.54) is 9.47 Å². The highest BCUT2D eigenvalue weighted by Gasteiger charge is 2.38. The van der Waals surface area contributed by atoms with Crippen LogP contribution in [0.1, 0.15) is 45.1 Å². The van der Waals surface area contributed by atoms with Crippen molar-refractivity contribution >= 4 is 23.3 Å². The minimum Gasteiger partial charge on any atom is -0.383 e. The van der Waals surface area contributed by atoms with E-state index < -0.39 is 11.2 Å². The summed E-state index contributed by atoms with van der Waals surface area (Å²) in [6.45, 7) is 4.62. The third-order valence-electron chi connectivity index (χ3n) is 5.79. The van der Waals surface area contributed by atoms with Crippen molar-refractivity contribution in [2.75, 3.05) is 17.2 Å². The van der Waals surface area contributed by atoms with Crippen LogP contribution >= 0.6 is 0 Å². The van der Waals surface area contributed by atoms with E-state index in [9.17, 15) is 19.2 Å². The number of anilines is 2. The van der Waals surface area contributed by atoms with Gasteiger partial charge in [-0.3, -0.25) is 23.9 Å². The summed E-state index contributed by atoms with van der Waals surface area (Å²) < 4.78 is 1.29. The largest absolute Gasteiger partial charge is 0.383 e. The van der Waals surface area contributed by atoms with Gasteiger partial charge in [0.2, 0.25) is 11.8 Å². The average molecular weight is 442 g/mol. The van der Waals surface area contributed by atoms with Gasteiger partial charge in [0.25, 0.3) is 5.56 Å². The third kappa shape index (κ3) is 5.46. The van der Waals surface area contributed by atoms with Crippen molar-refractivity contribution in [2.45, 2.75) is 52.6 Å². The van der Waals surface area contributed by atoms with Crippen LogP contribution in [0.4, 0.5) is 11.5 Å². The van der Waals surface area contributed by atoms with Crippen molar-refractivity contribution in [1.82, 2.24) is 14.9 Å². The number of nitrogens with zero attached hydrogens (tertiary/aromatic N) is 2. The second kappa shape index (κ2) is 10.3. The van der Waals surface area contributed by atoms with Crippen LogP contribution in [0.15, 0.2) is 39.9 Å². The normalized spacial score (nSPS) is 17.1. The van der Waals surface area contributed by atoms with Crippen LogP contribution in [-0.4, -0.2) is 27.9 Å². The molecule has 2 unspecified atom stereocenters. The number of rotatable bonds is 10.